The van der Waals surface area contributed by atoms with Crippen LogP contribution in [0.4, 0.5) is 11.4 Å². The summed E-state index contributed by atoms with van der Waals surface area (Å²) < 4.78 is 5.77. The minimum atomic E-state index is -0.326. The molecule has 3 N–H and O–H groups in total. The molecule has 4 nitrogen and oxygen atoms in total. The average molecular weight is 232 g/mol. The van der Waals surface area contributed by atoms with Crippen LogP contribution in [0.3, 0.4) is 0 Å². The summed E-state index contributed by atoms with van der Waals surface area (Å²) in [4.78, 5) is 12.3. The topological polar surface area (TPSA) is 64.3 Å². The second-order valence-corrected chi connectivity index (χ2v) is 4.99. The molecule has 4 heteroatoms. The van der Waals surface area contributed by atoms with Crippen molar-refractivity contribution in [2.24, 2.45) is 5.41 Å². The summed E-state index contributed by atoms with van der Waals surface area (Å²) in [6.45, 7) is 0.468. The molecule has 1 heterocycles. The van der Waals surface area contributed by atoms with E-state index in [1.807, 2.05) is 0 Å². The lowest BCUT2D eigenvalue weighted by molar-refractivity contribution is -0.126. The predicted molar refractivity (Wildman–Crippen MR) is 65.9 cm³/mol. The SMILES string of the molecule is Nc1ccc2c(c1)OCC1(CCCC1)C(=O)N2. The Bertz CT molecular complexity index is 464. The van der Waals surface area contributed by atoms with E-state index in [4.69, 9.17) is 10.5 Å². The highest BCUT2D eigenvalue weighted by molar-refractivity contribution is 5.97. The van der Waals surface area contributed by atoms with Gasteiger partial charge in [-0.25, -0.2) is 0 Å². The van der Waals surface area contributed by atoms with Gasteiger partial charge in [0.25, 0.3) is 0 Å². The molecule has 1 aliphatic heterocycles. The number of anilines is 2. The summed E-state index contributed by atoms with van der Waals surface area (Å²) >= 11 is 0. The molecule has 3 rings (SSSR count). The fourth-order valence-corrected chi connectivity index (χ4v) is 2.72. The molecule has 1 aliphatic carbocycles. The molecule has 2 aliphatic rings. The average Bonchev–Trinajstić information content (AvgIpc) is 2.74. The van der Waals surface area contributed by atoms with E-state index in [-0.39, 0.29) is 11.3 Å². The van der Waals surface area contributed by atoms with Crippen molar-refractivity contribution in [2.75, 3.05) is 17.7 Å². The largest absolute Gasteiger partial charge is 0.490 e. The lowest BCUT2D eigenvalue weighted by Crippen LogP contribution is -2.37. The summed E-state index contributed by atoms with van der Waals surface area (Å²) in [6.07, 6.45) is 4.05. The normalized spacial score (nSPS) is 21.5. The minimum absolute atomic E-state index is 0.0959. The zero-order valence-electron chi connectivity index (χ0n) is 9.66. The Morgan fingerprint density at radius 3 is 2.82 bits per heavy atom. The maximum Gasteiger partial charge on any atom is 0.234 e. The number of nitrogens with one attached hydrogen (secondary N) is 1. The molecule has 90 valence electrons. The molecular formula is C13H16N2O2. The molecule has 0 radical (unpaired) electrons. The van der Waals surface area contributed by atoms with Crippen molar-refractivity contribution in [3.63, 3.8) is 0 Å². The number of benzene rings is 1. The summed E-state index contributed by atoms with van der Waals surface area (Å²) in [7, 11) is 0. The zero-order valence-corrected chi connectivity index (χ0v) is 9.66. The molecule has 1 amide bonds. The van der Waals surface area contributed by atoms with Crippen LogP contribution >= 0.6 is 0 Å². The van der Waals surface area contributed by atoms with E-state index in [0.29, 0.717) is 18.0 Å². The van der Waals surface area contributed by atoms with Gasteiger partial charge in [-0.15, -0.1) is 0 Å². The van der Waals surface area contributed by atoms with Crippen molar-refractivity contribution in [2.45, 2.75) is 25.7 Å². The second-order valence-electron chi connectivity index (χ2n) is 4.99. The standard InChI is InChI=1S/C13H16N2O2/c14-9-3-4-10-11(7-9)17-8-13(12(16)15-10)5-1-2-6-13/h3-4,7H,1-2,5-6,8,14H2,(H,15,16). The van der Waals surface area contributed by atoms with Gasteiger partial charge < -0.3 is 15.8 Å². The Kier molecular flexibility index (Phi) is 2.24. The van der Waals surface area contributed by atoms with Gasteiger partial charge in [0, 0.05) is 11.8 Å². The number of fused-ring (bicyclic) bond motifs is 1. The number of carbonyl (C=O) groups is 1. The van der Waals surface area contributed by atoms with Gasteiger partial charge in [0.1, 0.15) is 12.4 Å². The maximum atomic E-state index is 12.3. The number of rotatable bonds is 0. The summed E-state index contributed by atoms with van der Waals surface area (Å²) in [5.41, 5.74) is 6.78. The lowest BCUT2D eigenvalue weighted by Gasteiger charge is -2.23. The molecule has 1 aromatic carbocycles. The van der Waals surface area contributed by atoms with Crippen molar-refractivity contribution in [1.29, 1.82) is 0 Å². The minimum Gasteiger partial charge on any atom is -0.490 e. The highest BCUT2D eigenvalue weighted by Gasteiger charge is 2.43. The van der Waals surface area contributed by atoms with Crippen molar-refractivity contribution >= 4 is 17.3 Å². The van der Waals surface area contributed by atoms with Crippen molar-refractivity contribution in [1.82, 2.24) is 0 Å². The smallest absolute Gasteiger partial charge is 0.234 e. The number of hydrogen-bond donors (Lipinski definition) is 2. The van der Waals surface area contributed by atoms with E-state index >= 15 is 0 Å². The van der Waals surface area contributed by atoms with E-state index in [1.165, 1.54) is 0 Å². The summed E-state index contributed by atoms with van der Waals surface area (Å²) in [5, 5.41) is 2.96. The Labute approximate surface area is 100 Å². The van der Waals surface area contributed by atoms with E-state index in [2.05, 4.69) is 5.32 Å². The quantitative estimate of drug-likeness (QED) is 0.674. The molecule has 1 fully saturated rings. The first-order valence-electron chi connectivity index (χ1n) is 6.03. The van der Waals surface area contributed by atoms with Crippen LogP contribution in [0.5, 0.6) is 5.75 Å². The predicted octanol–water partition coefficient (Wildman–Crippen LogP) is 2.16. The van der Waals surface area contributed by atoms with E-state index in [1.54, 1.807) is 18.2 Å². The Hall–Kier alpha value is -1.71. The summed E-state index contributed by atoms with van der Waals surface area (Å²) in [6, 6.07) is 5.34. The summed E-state index contributed by atoms with van der Waals surface area (Å²) in [5.74, 6) is 0.778. The molecule has 1 spiro atoms. The van der Waals surface area contributed by atoms with Crippen LogP contribution in [0.25, 0.3) is 0 Å². The molecule has 1 saturated carbocycles. The van der Waals surface area contributed by atoms with E-state index in [9.17, 15) is 4.79 Å². The van der Waals surface area contributed by atoms with Crippen LogP contribution in [0, 0.1) is 5.41 Å². The zero-order chi connectivity index (χ0) is 11.9. The van der Waals surface area contributed by atoms with Gasteiger partial charge in [-0.05, 0) is 25.0 Å². The number of ether oxygens (including phenoxy) is 1. The molecule has 0 saturated heterocycles. The molecule has 1 aromatic rings. The number of nitrogens with two attached hydrogens (primary N) is 1. The van der Waals surface area contributed by atoms with Gasteiger partial charge in [-0.3, -0.25) is 4.79 Å². The van der Waals surface area contributed by atoms with Crippen molar-refractivity contribution in [3.05, 3.63) is 18.2 Å². The highest BCUT2D eigenvalue weighted by Crippen LogP contribution is 2.43. The second kappa shape index (κ2) is 3.65. The molecule has 17 heavy (non-hydrogen) atoms. The van der Waals surface area contributed by atoms with Crippen LogP contribution in [0.2, 0.25) is 0 Å². The monoisotopic (exact) mass is 232 g/mol. The third kappa shape index (κ3) is 1.64. The molecular weight excluding hydrogens is 216 g/mol. The van der Waals surface area contributed by atoms with Gasteiger partial charge in [0.15, 0.2) is 0 Å². The van der Waals surface area contributed by atoms with Gasteiger partial charge in [0.05, 0.1) is 11.1 Å². The number of nitrogen functional groups attached to an aromatic ring is 1. The number of carbonyl (C=O) groups excluding carboxylic acids is 1. The molecule has 0 unspecified atom stereocenters. The Morgan fingerprint density at radius 2 is 2.06 bits per heavy atom. The van der Waals surface area contributed by atoms with E-state index < -0.39 is 0 Å². The first-order valence-corrected chi connectivity index (χ1v) is 6.03. The van der Waals surface area contributed by atoms with Crippen molar-refractivity contribution in [3.8, 4) is 5.75 Å². The van der Waals surface area contributed by atoms with Gasteiger partial charge in [0.2, 0.25) is 5.91 Å². The van der Waals surface area contributed by atoms with E-state index in [0.717, 1.165) is 31.4 Å². The third-order valence-corrected chi connectivity index (χ3v) is 3.80. The number of hydrogen-bond acceptors (Lipinski definition) is 3. The van der Waals surface area contributed by atoms with Crippen LogP contribution in [-0.2, 0) is 4.79 Å². The molecule has 0 bridgehead atoms. The highest BCUT2D eigenvalue weighted by atomic mass is 16.5. The van der Waals surface area contributed by atoms with Gasteiger partial charge in [-0.2, -0.15) is 0 Å². The molecule has 0 atom stereocenters. The van der Waals surface area contributed by atoms with Crippen LogP contribution in [-0.4, -0.2) is 12.5 Å². The fraction of sp³-hybridized carbons (Fsp3) is 0.462. The van der Waals surface area contributed by atoms with Crippen LogP contribution < -0.4 is 15.8 Å². The Balaban J connectivity index is 1.96. The van der Waals surface area contributed by atoms with Gasteiger partial charge in [-0.1, -0.05) is 12.8 Å². The fourth-order valence-electron chi connectivity index (χ4n) is 2.72. The Morgan fingerprint density at radius 1 is 1.29 bits per heavy atom. The first kappa shape index (κ1) is 10.4. The maximum absolute atomic E-state index is 12.3. The van der Waals surface area contributed by atoms with Crippen molar-refractivity contribution < 1.29 is 9.53 Å². The lowest BCUT2D eigenvalue weighted by atomic mass is 9.86. The van der Waals surface area contributed by atoms with Gasteiger partial charge >= 0.3 is 0 Å². The van der Waals surface area contributed by atoms with Crippen LogP contribution in [0.15, 0.2) is 18.2 Å². The number of amides is 1. The third-order valence-electron chi connectivity index (χ3n) is 3.80. The first-order chi connectivity index (χ1) is 8.20. The van der Waals surface area contributed by atoms with Crippen LogP contribution in [0.1, 0.15) is 25.7 Å². The molecule has 0 aromatic heterocycles.